The highest BCUT2D eigenvalue weighted by Gasteiger charge is 2.19. The van der Waals surface area contributed by atoms with Crippen molar-refractivity contribution in [2.75, 3.05) is 11.9 Å². The highest BCUT2D eigenvalue weighted by Crippen LogP contribution is 2.16. The summed E-state index contributed by atoms with van der Waals surface area (Å²) in [6.07, 6.45) is 0.870. The maximum atomic E-state index is 10.5. The molecule has 7 heteroatoms. The van der Waals surface area contributed by atoms with Crippen molar-refractivity contribution >= 4 is 17.4 Å². The highest BCUT2D eigenvalue weighted by molar-refractivity contribution is 6.03. The Morgan fingerprint density at radius 1 is 1.67 bits per heavy atom. The Labute approximate surface area is 104 Å². The number of hydrogen-bond donors (Lipinski definition) is 5. The summed E-state index contributed by atoms with van der Waals surface area (Å²) in [5.41, 5.74) is 7.05. The van der Waals surface area contributed by atoms with Crippen LogP contribution in [0.2, 0.25) is 0 Å². The first kappa shape index (κ1) is 14.1. The summed E-state index contributed by atoms with van der Waals surface area (Å²) in [4.78, 5) is 14.6. The number of nitrogens with two attached hydrogens (primary N) is 2. The number of carbonyl (C=O) groups is 1. The zero-order chi connectivity index (χ0) is 13.7. The molecule has 0 bridgehead atoms. The van der Waals surface area contributed by atoms with Crippen molar-refractivity contribution in [2.24, 2.45) is 5.73 Å². The quantitative estimate of drug-likeness (QED) is 0.293. The lowest BCUT2D eigenvalue weighted by molar-refractivity contribution is -0.135. The SMILES string of the molecule is CCc1cc(C(=[NH2+])C(N)O)c(NCC(=O)O)cn1. The number of aromatic nitrogens is 1. The molecule has 0 aliphatic carbocycles. The second kappa shape index (κ2) is 6.08. The average Bonchev–Trinajstić information content (AvgIpc) is 2.35. The molecule has 0 saturated heterocycles. The van der Waals surface area contributed by atoms with Crippen LogP contribution in [0, 0.1) is 0 Å². The van der Waals surface area contributed by atoms with Gasteiger partial charge < -0.3 is 15.5 Å². The molecule has 1 aromatic rings. The van der Waals surface area contributed by atoms with E-state index in [9.17, 15) is 9.90 Å². The van der Waals surface area contributed by atoms with Gasteiger partial charge >= 0.3 is 5.97 Å². The van der Waals surface area contributed by atoms with Gasteiger partial charge in [-0.15, -0.1) is 0 Å². The molecule has 0 aromatic carbocycles. The van der Waals surface area contributed by atoms with E-state index in [1.165, 1.54) is 6.20 Å². The van der Waals surface area contributed by atoms with E-state index >= 15 is 0 Å². The number of rotatable bonds is 6. The van der Waals surface area contributed by atoms with E-state index in [1.807, 2.05) is 6.92 Å². The Hall–Kier alpha value is -1.99. The number of pyridine rings is 1. The molecule has 0 fully saturated rings. The Balaban J connectivity index is 3.08. The summed E-state index contributed by atoms with van der Waals surface area (Å²) >= 11 is 0. The van der Waals surface area contributed by atoms with Crippen LogP contribution in [-0.2, 0) is 11.2 Å². The zero-order valence-electron chi connectivity index (χ0n) is 10.1. The molecule has 0 saturated carbocycles. The molecule has 0 spiro atoms. The fourth-order valence-corrected chi connectivity index (χ4v) is 1.40. The molecule has 1 atom stereocenters. The largest absolute Gasteiger partial charge is 0.480 e. The van der Waals surface area contributed by atoms with Crippen molar-refractivity contribution in [2.45, 2.75) is 19.6 Å². The number of nitrogens with one attached hydrogen (secondary N) is 1. The molecular weight excluding hydrogens is 236 g/mol. The number of carboxylic acids is 1. The topological polar surface area (TPSA) is 134 Å². The molecule has 0 aliphatic rings. The molecule has 1 heterocycles. The van der Waals surface area contributed by atoms with E-state index in [0.29, 0.717) is 17.7 Å². The fourth-order valence-electron chi connectivity index (χ4n) is 1.40. The van der Waals surface area contributed by atoms with Gasteiger partial charge in [0.1, 0.15) is 6.54 Å². The molecule has 1 aromatic heterocycles. The first-order valence-electron chi connectivity index (χ1n) is 5.46. The first-order valence-corrected chi connectivity index (χ1v) is 5.46. The third-order valence-corrected chi connectivity index (χ3v) is 2.38. The smallest absolute Gasteiger partial charge is 0.322 e. The third kappa shape index (κ3) is 3.51. The maximum Gasteiger partial charge on any atom is 0.322 e. The molecule has 0 amide bonds. The van der Waals surface area contributed by atoms with Gasteiger partial charge in [0, 0.05) is 5.69 Å². The number of aliphatic carboxylic acids is 1. The van der Waals surface area contributed by atoms with E-state index in [2.05, 4.69) is 10.3 Å². The Kier molecular flexibility index (Phi) is 4.75. The number of carboxylic acid groups (broad SMARTS) is 1. The van der Waals surface area contributed by atoms with Crippen LogP contribution in [0.4, 0.5) is 5.69 Å². The van der Waals surface area contributed by atoms with Crippen molar-refractivity contribution in [3.8, 4) is 0 Å². The van der Waals surface area contributed by atoms with E-state index < -0.39 is 12.2 Å². The molecular formula is C11H17N4O3+. The molecule has 1 rings (SSSR count). The summed E-state index contributed by atoms with van der Waals surface area (Å²) < 4.78 is 0. The average molecular weight is 253 g/mol. The number of hydrogen-bond acceptors (Lipinski definition) is 5. The van der Waals surface area contributed by atoms with Crippen LogP contribution in [0.15, 0.2) is 12.3 Å². The van der Waals surface area contributed by atoms with Crippen molar-refractivity contribution in [3.63, 3.8) is 0 Å². The number of aliphatic hydroxyl groups is 1. The van der Waals surface area contributed by atoms with Gasteiger partial charge in [-0.05, 0) is 12.5 Å². The summed E-state index contributed by atoms with van der Waals surface area (Å²) in [5.74, 6) is -1.01. The number of aliphatic hydroxyl groups excluding tert-OH is 1. The van der Waals surface area contributed by atoms with E-state index in [4.69, 9.17) is 16.2 Å². The van der Waals surface area contributed by atoms with Crippen LogP contribution in [0.5, 0.6) is 0 Å². The van der Waals surface area contributed by atoms with Crippen LogP contribution in [0.25, 0.3) is 0 Å². The predicted octanol–water partition coefficient (Wildman–Crippen LogP) is -2.03. The highest BCUT2D eigenvalue weighted by atomic mass is 16.4. The fraction of sp³-hybridized carbons (Fsp3) is 0.364. The summed E-state index contributed by atoms with van der Waals surface area (Å²) in [6, 6.07) is 1.68. The normalized spacial score (nSPS) is 11.9. The minimum absolute atomic E-state index is 0.0694. The zero-order valence-corrected chi connectivity index (χ0v) is 10.1. The van der Waals surface area contributed by atoms with E-state index in [0.717, 1.165) is 5.69 Å². The molecule has 0 aliphatic heterocycles. The second-order valence-electron chi connectivity index (χ2n) is 3.72. The van der Waals surface area contributed by atoms with Crippen LogP contribution < -0.4 is 16.5 Å². The van der Waals surface area contributed by atoms with Crippen LogP contribution >= 0.6 is 0 Å². The summed E-state index contributed by atoms with van der Waals surface area (Å²) in [6.45, 7) is 1.65. The Bertz CT molecular complexity index is 460. The van der Waals surface area contributed by atoms with Crippen LogP contribution in [0.1, 0.15) is 18.2 Å². The second-order valence-corrected chi connectivity index (χ2v) is 3.72. The van der Waals surface area contributed by atoms with Gasteiger partial charge in [0.2, 0.25) is 5.71 Å². The van der Waals surface area contributed by atoms with Crippen molar-refractivity contribution < 1.29 is 20.4 Å². The molecule has 98 valence electrons. The van der Waals surface area contributed by atoms with Crippen molar-refractivity contribution in [1.82, 2.24) is 4.98 Å². The Morgan fingerprint density at radius 2 is 2.33 bits per heavy atom. The number of nitrogens with zero attached hydrogens (tertiary/aromatic N) is 1. The molecule has 1 unspecified atom stereocenters. The van der Waals surface area contributed by atoms with Gasteiger partial charge in [-0.2, -0.15) is 0 Å². The lowest BCUT2D eigenvalue weighted by Crippen LogP contribution is -2.51. The van der Waals surface area contributed by atoms with Crippen molar-refractivity contribution in [3.05, 3.63) is 23.5 Å². The van der Waals surface area contributed by atoms with Crippen LogP contribution in [0.3, 0.4) is 0 Å². The number of aryl methyl sites for hydroxylation is 1. The van der Waals surface area contributed by atoms with E-state index in [1.54, 1.807) is 6.07 Å². The molecule has 7 N–H and O–H groups in total. The van der Waals surface area contributed by atoms with Gasteiger partial charge in [-0.1, -0.05) is 6.92 Å². The van der Waals surface area contributed by atoms with Crippen molar-refractivity contribution in [1.29, 1.82) is 0 Å². The molecule has 0 radical (unpaired) electrons. The third-order valence-electron chi connectivity index (χ3n) is 2.38. The summed E-state index contributed by atoms with van der Waals surface area (Å²) in [5, 5.41) is 26.3. The van der Waals surface area contributed by atoms with Gasteiger partial charge in [0.25, 0.3) is 0 Å². The lowest BCUT2D eigenvalue weighted by atomic mass is 10.1. The summed E-state index contributed by atoms with van der Waals surface area (Å²) in [7, 11) is 0. The molecule has 7 nitrogen and oxygen atoms in total. The lowest BCUT2D eigenvalue weighted by Gasteiger charge is -2.11. The van der Waals surface area contributed by atoms with Gasteiger partial charge in [0.05, 0.1) is 17.4 Å². The first-order chi connectivity index (χ1) is 8.45. The maximum absolute atomic E-state index is 10.5. The number of anilines is 1. The predicted molar refractivity (Wildman–Crippen MR) is 66.0 cm³/mol. The Morgan fingerprint density at radius 3 is 2.83 bits per heavy atom. The van der Waals surface area contributed by atoms with Crippen LogP contribution in [-0.4, -0.2) is 39.7 Å². The monoisotopic (exact) mass is 253 g/mol. The van der Waals surface area contributed by atoms with E-state index in [-0.39, 0.29) is 12.3 Å². The van der Waals surface area contributed by atoms with Gasteiger partial charge in [-0.25, -0.2) is 0 Å². The van der Waals surface area contributed by atoms with Gasteiger partial charge in [-0.3, -0.25) is 20.9 Å². The standard InChI is InChI=1S/C11H16N4O3/c1-2-6-3-7(10(12)11(13)18)8(4-14-6)15-5-9(16)17/h3-4,11-12,15,18H,2,5,13H2,1H3,(H,16,17)/p+1. The minimum Gasteiger partial charge on any atom is -0.480 e. The molecule has 18 heavy (non-hydrogen) atoms. The van der Waals surface area contributed by atoms with Gasteiger partial charge in [0.15, 0.2) is 6.23 Å². The minimum atomic E-state index is -1.30.